The van der Waals surface area contributed by atoms with Crippen molar-refractivity contribution in [1.29, 1.82) is 0 Å². The summed E-state index contributed by atoms with van der Waals surface area (Å²) in [4.78, 5) is 55.1. The number of thioether (sulfide) groups is 1. The molecule has 182 valence electrons. The summed E-state index contributed by atoms with van der Waals surface area (Å²) < 4.78 is 0. The Bertz CT molecular complexity index is 1110. The van der Waals surface area contributed by atoms with Gasteiger partial charge < -0.3 is 20.9 Å². The molecule has 3 N–H and O–H groups in total. The summed E-state index contributed by atoms with van der Waals surface area (Å²) in [5, 5.41) is 8.29. The van der Waals surface area contributed by atoms with E-state index >= 15 is 0 Å². The summed E-state index contributed by atoms with van der Waals surface area (Å²) in [6.45, 7) is 2.05. The molecular formula is C25H27N5O4S. The minimum atomic E-state index is -0.510. The number of hydrogen-bond acceptors (Lipinski definition) is 6. The number of carbonyl (C=O) groups excluding carboxylic acids is 4. The van der Waals surface area contributed by atoms with Crippen molar-refractivity contribution >= 4 is 46.2 Å². The van der Waals surface area contributed by atoms with Gasteiger partial charge in [-0.2, -0.15) is 4.99 Å². The maximum atomic E-state index is 12.4. The fraction of sp³-hybridized carbons (Fsp3) is 0.320. The summed E-state index contributed by atoms with van der Waals surface area (Å²) in [6.07, 6.45) is 2.22. The van der Waals surface area contributed by atoms with Gasteiger partial charge in [-0.25, -0.2) is 0 Å². The van der Waals surface area contributed by atoms with E-state index in [-0.39, 0.29) is 30.7 Å². The van der Waals surface area contributed by atoms with Crippen molar-refractivity contribution in [2.75, 3.05) is 25.0 Å². The maximum Gasteiger partial charge on any atom is 0.262 e. The van der Waals surface area contributed by atoms with E-state index in [0.29, 0.717) is 17.8 Å². The first-order chi connectivity index (χ1) is 17.0. The predicted molar refractivity (Wildman–Crippen MR) is 135 cm³/mol. The molecule has 1 saturated heterocycles. The normalized spacial score (nSPS) is 17.1. The molecule has 9 nitrogen and oxygen atoms in total. The molecule has 1 unspecified atom stereocenters. The van der Waals surface area contributed by atoms with Crippen molar-refractivity contribution in [2.24, 2.45) is 4.99 Å². The van der Waals surface area contributed by atoms with E-state index in [1.807, 2.05) is 30.3 Å². The first-order valence-electron chi connectivity index (χ1n) is 11.5. The van der Waals surface area contributed by atoms with Crippen LogP contribution in [0.5, 0.6) is 0 Å². The van der Waals surface area contributed by atoms with Crippen LogP contribution in [0.1, 0.15) is 35.2 Å². The second-order valence-corrected chi connectivity index (χ2v) is 9.48. The van der Waals surface area contributed by atoms with Gasteiger partial charge in [0, 0.05) is 37.3 Å². The van der Waals surface area contributed by atoms with Crippen LogP contribution in [0.4, 0.5) is 5.69 Å². The molecule has 2 aliphatic heterocycles. The summed E-state index contributed by atoms with van der Waals surface area (Å²) in [6, 6.07) is 15.8. The van der Waals surface area contributed by atoms with Crippen LogP contribution in [-0.2, 0) is 20.9 Å². The molecule has 0 bridgehead atoms. The monoisotopic (exact) mass is 493 g/mol. The fourth-order valence-electron chi connectivity index (χ4n) is 3.76. The Morgan fingerprint density at radius 3 is 2.37 bits per heavy atom. The second-order valence-electron chi connectivity index (χ2n) is 8.31. The van der Waals surface area contributed by atoms with Crippen molar-refractivity contribution in [3.63, 3.8) is 0 Å². The van der Waals surface area contributed by atoms with Crippen LogP contribution in [0.25, 0.3) is 0 Å². The van der Waals surface area contributed by atoms with E-state index in [4.69, 9.17) is 0 Å². The molecule has 4 amide bonds. The number of aliphatic imine (C=N–C) groups is 1. The van der Waals surface area contributed by atoms with Crippen molar-refractivity contribution in [1.82, 2.24) is 15.5 Å². The van der Waals surface area contributed by atoms with Gasteiger partial charge in [0.25, 0.3) is 11.8 Å². The molecule has 0 radical (unpaired) electrons. The molecule has 0 spiro atoms. The number of rotatable bonds is 8. The molecule has 35 heavy (non-hydrogen) atoms. The lowest BCUT2D eigenvalue weighted by Crippen LogP contribution is -2.36. The van der Waals surface area contributed by atoms with Crippen molar-refractivity contribution < 1.29 is 19.2 Å². The predicted octanol–water partition coefficient (Wildman–Crippen LogP) is 2.16. The zero-order valence-electron chi connectivity index (χ0n) is 19.2. The summed E-state index contributed by atoms with van der Waals surface area (Å²) in [7, 11) is 0. The lowest BCUT2D eigenvalue weighted by molar-refractivity contribution is -0.121. The van der Waals surface area contributed by atoms with Crippen LogP contribution in [0.15, 0.2) is 59.6 Å². The summed E-state index contributed by atoms with van der Waals surface area (Å²) in [5.74, 6) is -1.24. The molecular weight excluding hydrogens is 466 g/mol. The van der Waals surface area contributed by atoms with E-state index in [1.54, 1.807) is 24.3 Å². The zero-order valence-corrected chi connectivity index (χ0v) is 20.0. The second kappa shape index (κ2) is 11.7. The lowest BCUT2D eigenvalue weighted by Gasteiger charge is -2.16. The largest absolute Gasteiger partial charge is 0.351 e. The molecule has 1 atom stereocenters. The van der Waals surface area contributed by atoms with Crippen LogP contribution in [0.2, 0.25) is 0 Å². The minimum Gasteiger partial charge on any atom is -0.351 e. The number of carbonyl (C=O) groups is 4. The van der Waals surface area contributed by atoms with E-state index < -0.39 is 11.2 Å². The van der Waals surface area contributed by atoms with Gasteiger partial charge in [0.2, 0.25) is 11.8 Å². The molecule has 1 fully saturated rings. The first-order valence-corrected chi connectivity index (χ1v) is 12.4. The van der Waals surface area contributed by atoms with Gasteiger partial charge in [-0.1, -0.05) is 42.1 Å². The Hall–Kier alpha value is -3.66. The number of amides is 4. The van der Waals surface area contributed by atoms with Gasteiger partial charge >= 0.3 is 0 Å². The number of hydrogen-bond donors (Lipinski definition) is 3. The lowest BCUT2D eigenvalue weighted by atomic mass is 10.2. The van der Waals surface area contributed by atoms with E-state index in [2.05, 4.69) is 25.8 Å². The minimum absolute atomic E-state index is 0.0324. The van der Waals surface area contributed by atoms with Crippen LogP contribution in [0.3, 0.4) is 0 Å². The van der Waals surface area contributed by atoms with E-state index in [0.717, 1.165) is 36.7 Å². The third-order valence-electron chi connectivity index (χ3n) is 5.65. The average molecular weight is 494 g/mol. The van der Waals surface area contributed by atoms with Gasteiger partial charge in [-0.15, -0.1) is 0 Å². The van der Waals surface area contributed by atoms with Crippen molar-refractivity contribution in [3.8, 4) is 0 Å². The Morgan fingerprint density at radius 1 is 0.943 bits per heavy atom. The standard InChI is InChI=1S/C25H27N5O4S/c31-21(14-20-24(34)29-25(35-20)30-12-4-5-13-30)28-19-10-8-18(9-11-19)23(33)27-16-22(32)26-15-17-6-2-1-3-7-17/h1-3,6-11,20H,4-5,12-16H2,(H,26,32)(H,27,33)(H,28,31). The molecule has 0 aliphatic carbocycles. The van der Waals surface area contributed by atoms with Crippen LogP contribution in [0, 0.1) is 0 Å². The SMILES string of the molecule is O=C(CNC(=O)c1ccc(NC(=O)CC2SC(N3CCCC3)=NC2=O)cc1)NCc1ccccc1. The molecule has 0 saturated carbocycles. The summed E-state index contributed by atoms with van der Waals surface area (Å²) in [5.41, 5.74) is 1.85. The number of benzene rings is 2. The van der Waals surface area contributed by atoms with Crippen LogP contribution in [-0.4, -0.2) is 58.6 Å². The molecule has 2 aliphatic rings. The molecule has 2 heterocycles. The van der Waals surface area contributed by atoms with E-state index in [9.17, 15) is 19.2 Å². The third-order valence-corrected chi connectivity index (χ3v) is 6.86. The Morgan fingerprint density at radius 2 is 1.66 bits per heavy atom. The van der Waals surface area contributed by atoms with Crippen LogP contribution < -0.4 is 16.0 Å². The molecule has 2 aromatic rings. The smallest absolute Gasteiger partial charge is 0.262 e. The highest BCUT2D eigenvalue weighted by atomic mass is 32.2. The van der Waals surface area contributed by atoms with Gasteiger partial charge in [0.15, 0.2) is 5.17 Å². The quantitative estimate of drug-likeness (QED) is 0.518. The average Bonchev–Trinajstić information content (AvgIpc) is 3.52. The number of nitrogens with zero attached hydrogens (tertiary/aromatic N) is 2. The van der Waals surface area contributed by atoms with Crippen molar-refractivity contribution in [3.05, 3.63) is 65.7 Å². The zero-order chi connectivity index (χ0) is 24.6. The number of amidine groups is 1. The molecule has 4 rings (SSSR count). The van der Waals surface area contributed by atoms with Gasteiger partial charge in [-0.05, 0) is 42.7 Å². The van der Waals surface area contributed by atoms with Gasteiger partial charge in [-0.3, -0.25) is 19.2 Å². The molecule has 0 aromatic heterocycles. The highest BCUT2D eigenvalue weighted by Gasteiger charge is 2.33. The molecule has 10 heteroatoms. The molecule has 2 aromatic carbocycles. The van der Waals surface area contributed by atoms with Gasteiger partial charge in [0.1, 0.15) is 5.25 Å². The topological polar surface area (TPSA) is 120 Å². The third kappa shape index (κ3) is 6.92. The Balaban J connectivity index is 1.19. The highest BCUT2D eigenvalue weighted by molar-refractivity contribution is 8.15. The number of anilines is 1. The van der Waals surface area contributed by atoms with Gasteiger partial charge in [0.05, 0.1) is 6.54 Å². The fourth-order valence-corrected chi connectivity index (χ4v) is 4.88. The number of likely N-dealkylation sites (tertiary alicyclic amines) is 1. The Labute approximate surface area is 207 Å². The Kier molecular flexibility index (Phi) is 8.15. The first kappa shape index (κ1) is 24.5. The van der Waals surface area contributed by atoms with Crippen molar-refractivity contribution in [2.45, 2.75) is 31.1 Å². The maximum absolute atomic E-state index is 12.4. The number of nitrogens with one attached hydrogen (secondary N) is 3. The summed E-state index contributed by atoms with van der Waals surface area (Å²) >= 11 is 1.35. The van der Waals surface area contributed by atoms with Crippen LogP contribution >= 0.6 is 11.8 Å². The van der Waals surface area contributed by atoms with E-state index in [1.165, 1.54) is 11.8 Å². The highest BCUT2D eigenvalue weighted by Crippen LogP contribution is 2.29.